The van der Waals surface area contributed by atoms with Gasteiger partial charge in [0.25, 0.3) is 0 Å². The van der Waals surface area contributed by atoms with Crippen molar-refractivity contribution in [2.45, 2.75) is 17.9 Å². The van der Waals surface area contributed by atoms with E-state index >= 15 is 0 Å². The van der Waals surface area contributed by atoms with E-state index < -0.39 is 37.4 Å². The monoisotopic (exact) mass is 316 g/mol. The molecule has 2 rings (SSSR count). The molecule has 0 bridgehead atoms. The lowest BCUT2D eigenvalue weighted by atomic mass is 10.3. The van der Waals surface area contributed by atoms with Gasteiger partial charge in [0.2, 0.25) is 15.8 Å². The molecule has 21 heavy (non-hydrogen) atoms. The van der Waals surface area contributed by atoms with Gasteiger partial charge in [-0.05, 0) is 13.0 Å². The van der Waals surface area contributed by atoms with Crippen molar-refractivity contribution in [2.24, 2.45) is 0 Å². The van der Waals surface area contributed by atoms with Gasteiger partial charge in [-0.1, -0.05) is 5.21 Å². The molecule has 12 heteroatoms. The third-order valence-corrected chi connectivity index (χ3v) is 4.05. The molecule has 1 unspecified atom stereocenters. The Morgan fingerprint density at radius 1 is 1.48 bits per heavy atom. The molecule has 2 aromatic rings. The van der Waals surface area contributed by atoms with Gasteiger partial charge < -0.3 is 0 Å². The average molecular weight is 316 g/mol. The Balaban J connectivity index is 2.28. The van der Waals surface area contributed by atoms with E-state index in [2.05, 4.69) is 25.3 Å². The fourth-order valence-electron chi connectivity index (χ4n) is 1.51. The summed E-state index contributed by atoms with van der Waals surface area (Å²) in [7, 11) is -4.08. The van der Waals surface area contributed by atoms with E-state index in [-0.39, 0.29) is 5.82 Å². The number of hydrogen-bond acceptors (Lipinski definition) is 7. The van der Waals surface area contributed by atoms with Crippen molar-refractivity contribution >= 4 is 15.7 Å². The first-order chi connectivity index (χ1) is 9.81. The van der Waals surface area contributed by atoms with E-state index in [1.807, 2.05) is 0 Å². The highest BCUT2D eigenvalue weighted by Gasteiger charge is 2.24. The van der Waals surface area contributed by atoms with Crippen molar-refractivity contribution in [3.8, 4) is 0 Å². The van der Waals surface area contributed by atoms with Crippen LogP contribution in [0, 0.1) is 15.9 Å². The highest BCUT2D eigenvalue weighted by molar-refractivity contribution is 7.89. The second-order valence-corrected chi connectivity index (χ2v) is 5.70. The lowest BCUT2D eigenvalue weighted by molar-refractivity contribution is -0.387. The van der Waals surface area contributed by atoms with Gasteiger partial charge >= 0.3 is 5.69 Å². The summed E-state index contributed by atoms with van der Waals surface area (Å²) in [6.07, 6.45) is 0. The molecule has 0 spiro atoms. The predicted molar refractivity (Wildman–Crippen MR) is 66.0 cm³/mol. The molecule has 0 saturated heterocycles. The van der Waals surface area contributed by atoms with Crippen LogP contribution < -0.4 is 4.72 Å². The normalized spacial score (nSPS) is 13.0. The summed E-state index contributed by atoms with van der Waals surface area (Å²) in [5.41, 5.74) is -0.805. The fraction of sp³-hybridized carbons (Fsp3) is 0.222. The van der Waals surface area contributed by atoms with Crippen LogP contribution in [0.5, 0.6) is 0 Å². The van der Waals surface area contributed by atoms with Gasteiger partial charge in [0.1, 0.15) is 0 Å². The number of nitro groups is 1. The zero-order valence-electron chi connectivity index (χ0n) is 10.5. The van der Waals surface area contributed by atoms with Gasteiger partial charge in [0.05, 0.1) is 15.9 Å². The molecule has 10 nitrogen and oxygen atoms in total. The summed E-state index contributed by atoms with van der Waals surface area (Å²) in [5.74, 6) is -1.14. The Bertz CT molecular complexity index is 763. The molecular weight excluding hydrogens is 307 g/mol. The van der Waals surface area contributed by atoms with E-state index in [1.165, 1.54) is 6.92 Å². The molecule has 0 saturated carbocycles. The molecule has 0 aliphatic heterocycles. The molecule has 112 valence electrons. The lowest BCUT2D eigenvalue weighted by Gasteiger charge is -2.10. The molecule has 1 atom stereocenters. The van der Waals surface area contributed by atoms with Gasteiger partial charge in [0, 0.05) is 12.1 Å². The van der Waals surface area contributed by atoms with Crippen molar-refractivity contribution in [1.82, 2.24) is 25.3 Å². The molecular formula is C9H9FN6O4S. The number of nitrogens with one attached hydrogen (secondary N) is 2. The number of benzene rings is 1. The number of nitro benzene ring substituents is 1. The Labute approximate surface area is 117 Å². The zero-order chi connectivity index (χ0) is 15.6. The van der Waals surface area contributed by atoms with Crippen LogP contribution in [0.2, 0.25) is 0 Å². The summed E-state index contributed by atoms with van der Waals surface area (Å²) in [5, 5.41) is 23.2. The van der Waals surface area contributed by atoms with Crippen LogP contribution in [0.25, 0.3) is 0 Å². The maximum Gasteiger partial charge on any atom is 0.304 e. The van der Waals surface area contributed by atoms with Gasteiger partial charge in [0.15, 0.2) is 5.82 Å². The molecule has 1 aromatic heterocycles. The predicted octanol–water partition coefficient (Wildman–Crippen LogP) is 0.286. The Kier molecular flexibility index (Phi) is 3.90. The van der Waals surface area contributed by atoms with Crippen molar-refractivity contribution in [1.29, 1.82) is 0 Å². The van der Waals surface area contributed by atoms with Crippen LogP contribution in [0.15, 0.2) is 23.1 Å². The number of hydrogen-bond donors (Lipinski definition) is 2. The van der Waals surface area contributed by atoms with E-state index in [0.29, 0.717) is 6.07 Å². The third-order valence-electron chi connectivity index (χ3n) is 2.51. The third kappa shape index (κ3) is 3.17. The largest absolute Gasteiger partial charge is 0.304 e. The molecule has 0 amide bonds. The number of aromatic nitrogens is 4. The Hall–Kier alpha value is -2.47. The minimum atomic E-state index is -4.08. The number of nitrogens with zero attached hydrogens (tertiary/aromatic N) is 4. The van der Waals surface area contributed by atoms with Crippen molar-refractivity contribution < 1.29 is 17.7 Å². The van der Waals surface area contributed by atoms with Crippen LogP contribution in [0.1, 0.15) is 18.8 Å². The second-order valence-electron chi connectivity index (χ2n) is 3.98. The minimum Gasteiger partial charge on any atom is -0.258 e. The Morgan fingerprint density at radius 3 is 2.71 bits per heavy atom. The first-order valence-corrected chi connectivity index (χ1v) is 6.99. The molecule has 0 aliphatic rings. The molecule has 0 radical (unpaired) electrons. The van der Waals surface area contributed by atoms with E-state index in [4.69, 9.17) is 0 Å². The van der Waals surface area contributed by atoms with Crippen LogP contribution >= 0.6 is 0 Å². The fourth-order valence-corrected chi connectivity index (χ4v) is 2.72. The summed E-state index contributed by atoms with van der Waals surface area (Å²) in [6, 6.07) is 1.48. The number of aromatic amines is 1. The molecule has 1 aromatic carbocycles. The first-order valence-electron chi connectivity index (χ1n) is 5.51. The number of H-pyrrole nitrogens is 1. The highest BCUT2D eigenvalue weighted by Crippen LogP contribution is 2.21. The molecule has 0 fully saturated rings. The zero-order valence-corrected chi connectivity index (χ0v) is 11.3. The molecule has 2 N–H and O–H groups in total. The number of halogens is 1. The Morgan fingerprint density at radius 2 is 2.19 bits per heavy atom. The maximum absolute atomic E-state index is 13.5. The molecule has 1 heterocycles. The van der Waals surface area contributed by atoms with Gasteiger partial charge in [-0.2, -0.15) is 9.60 Å². The van der Waals surface area contributed by atoms with E-state index in [1.54, 1.807) is 0 Å². The quantitative estimate of drug-likeness (QED) is 0.595. The summed E-state index contributed by atoms with van der Waals surface area (Å²) in [4.78, 5) is 9.10. The number of sulfonamides is 1. The van der Waals surface area contributed by atoms with Gasteiger partial charge in [-0.15, -0.1) is 10.2 Å². The van der Waals surface area contributed by atoms with E-state index in [0.717, 1.165) is 12.1 Å². The van der Waals surface area contributed by atoms with Crippen LogP contribution in [-0.2, 0) is 10.0 Å². The summed E-state index contributed by atoms with van der Waals surface area (Å²) >= 11 is 0. The van der Waals surface area contributed by atoms with Crippen molar-refractivity contribution in [2.75, 3.05) is 0 Å². The van der Waals surface area contributed by atoms with Gasteiger partial charge in [-0.3, -0.25) is 10.1 Å². The van der Waals surface area contributed by atoms with Crippen molar-refractivity contribution in [3.05, 3.63) is 40.0 Å². The van der Waals surface area contributed by atoms with Gasteiger partial charge in [-0.25, -0.2) is 13.1 Å². The maximum atomic E-state index is 13.5. The summed E-state index contributed by atoms with van der Waals surface area (Å²) in [6.45, 7) is 1.46. The summed E-state index contributed by atoms with van der Waals surface area (Å²) < 4.78 is 39.7. The van der Waals surface area contributed by atoms with Crippen LogP contribution in [0.3, 0.4) is 0 Å². The molecule has 0 aliphatic carbocycles. The van der Waals surface area contributed by atoms with E-state index in [9.17, 15) is 22.9 Å². The lowest BCUT2D eigenvalue weighted by Crippen LogP contribution is -2.27. The second kappa shape index (κ2) is 5.49. The topological polar surface area (TPSA) is 144 Å². The number of tetrazole rings is 1. The van der Waals surface area contributed by atoms with Crippen molar-refractivity contribution in [3.63, 3.8) is 0 Å². The minimum absolute atomic E-state index is 0.0981. The highest BCUT2D eigenvalue weighted by atomic mass is 32.2. The van der Waals surface area contributed by atoms with Crippen LogP contribution in [0.4, 0.5) is 10.1 Å². The SMILES string of the molecule is CC(NS(=O)(=O)c1ccc([N+](=O)[O-])c(F)c1)c1nn[nH]n1. The first kappa shape index (κ1) is 14.9. The standard InChI is InChI=1S/C9H9FN6O4S/c1-5(9-11-14-15-12-9)13-21(19,20)6-2-3-8(16(17)18)7(10)4-6/h2-5,13H,1H3,(H,11,12,14,15). The van der Waals surface area contributed by atoms with Crippen LogP contribution in [-0.4, -0.2) is 34.0 Å². The number of rotatable bonds is 5. The smallest absolute Gasteiger partial charge is 0.258 e. The average Bonchev–Trinajstić information content (AvgIpc) is 2.91.